The summed E-state index contributed by atoms with van der Waals surface area (Å²) >= 11 is 13.7. The molecule has 34 heavy (non-hydrogen) atoms. The molecular weight excluding hydrogens is 491 g/mol. The summed E-state index contributed by atoms with van der Waals surface area (Å²) < 4.78 is 7.56. The molecule has 0 aliphatic carbocycles. The van der Waals surface area contributed by atoms with Crippen LogP contribution in [0.2, 0.25) is 10.0 Å². The van der Waals surface area contributed by atoms with E-state index in [1.165, 1.54) is 0 Å². The zero-order valence-corrected chi connectivity index (χ0v) is 21.0. The molecule has 0 atom stereocenters. The Balaban J connectivity index is 1.31. The third-order valence-corrected chi connectivity index (χ3v) is 6.75. The normalized spacial score (nSPS) is 11.0. The SMILES string of the molecule is Cc1cccc(-n2c(SCCCC(=O)NCCc3ccc(Cl)cc3Cl)nnc2-c2ccco2)c1. The van der Waals surface area contributed by atoms with E-state index in [4.69, 9.17) is 27.6 Å². The molecule has 0 bridgehead atoms. The maximum Gasteiger partial charge on any atom is 0.220 e. The Morgan fingerprint density at radius 1 is 1.12 bits per heavy atom. The first kappa shape index (κ1) is 24.4. The van der Waals surface area contributed by atoms with E-state index < -0.39 is 0 Å². The molecule has 4 aromatic rings. The number of carbonyl (C=O) groups is 1. The van der Waals surface area contributed by atoms with Gasteiger partial charge in [-0.15, -0.1) is 10.2 Å². The second kappa shape index (κ2) is 11.6. The number of hydrogen-bond acceptors (Lipinski definition) is 5. The molecule has 0 radical (unpaired) electrons. The smallest absolute Gasteiger partial charge is 0.220 e. The van der Waals surface area contributed by atoms with Crippen molar-refractivity contribution in [3.8, 4) is 17.3 Å². The number of furan rings is 1. The van der Waals surface area contributed by atoms with Crippen LogP contribution in [0.1, 0.15) is 24.0 Å². The van der Waals surface area contributed by atoms with Crippen LogP contribution in [0, 0.1) is 6.92 Å². The molecule has 0 spiro atoms. The standard InChI is InChI=1S/C25H24Cl2N4O2S/c1-17-5-2-6-20(15-17)31-24(22-7-3-13-33-22)29-30-25(31)34-14-4-8-23(32)28-12-11-18-9-10-19(26)16-21(18)27/h2-3,5-7,9-10,13,15-16H,4,8,11-12,14H2,1H3,(H,28,32). The number of halogens is 2. The number of nitrogens with zero attached hydrogens (tertiary/aromatic N) is 3. The van der Waals surface area contributed by atoms with Crippen LogP contribution in [0.3, 0.4) is 0 Å². The van der Waals surface area contributed by atoms with Crippen LogP contribution in [0.4, 0.5) is 0 Å². The van der Waals surface area contributed by atoms with Gasteiger partial charge in [0, 0.05) is 28.8 Å². The zero-order valence-electron chi connectivity index (χ0n) is 18.6. The fourth-order valence-corrected chi connectivity index (χ4v) is 4.87. The van der Waals surface area contributed by atoms with Crippen molar-refractivity contribution < 1.29 is 9.21 Å². The van der Waals surface area contributed by atoms with Gasteiger partial charge in [0.15, 0.2) is 10.9 Å². The van der Waals surface area contributed by atoms with Crippen LogP contribution in [0.5, 0.6) is 0 Å². The Labute approximate surface area is 212 Å². The second-order valence-corrected chi connectivity index (χ2v) is 9.65. The molecule has 9 heteroatoms. The average Bonchev–Trinajstić information content (AvgIpc) is 3.48. The summed E-state index contributed by atoms with van der Waals surface area (Å²) in [4.78, 5) is 12.2. The van der Waals surface area contributed by atoms with Crippen molar-refractivity contribution in [3.05, 3.63) is 82.0 Å². The number of aromatic nitrogens is 3. The molecule has 1 amide bonds. The third kappa shape index (κ3) is 6.23. The summed E-state index contributed by atoms with van der Waals surface area (Å²) in [5.41, 5.74) is 3.08. The van der Waals surface area contributed by atoms with Crippen molar-refractivity contribution >= 4 is 40.9 Å². The van der Waals surface area contributed by atoms with Crippen molar-refractivity contribution in [3.63, 3.8) is 0 Å². The van der Waals surface area contributed by atoms with Crippen molar-refractivity contribution in [2.24, 2.45) is 0 Å². The lowest BCUT2D eigenvalue weighted by Crippen LogP contribution is -2.25. The predicted octanol–water partition coefficient (Wildman–Crippen LogP) is 6.37. The maximum absolute atomic E-state index is 12.2. The topological polar surface area (TPSA) is 73.0 Å². The van der Waals surface area contributed by atoms with Crippen LogP contribution in [-0.4, -0.2) is 33.0 Å². The predicted molar refractivity (Wildman–Crippen MR) is 137 cm³/mol. The second-order valence-electron chi connectivity index (χ2n) is 7.75. The van der Waals surface area contributed by atoms with E-state index in [2.05, 4.69) is 21.6 Å². The van der Waals surface area contributed by atoms with Crippen LogP contribution in [-0.2, 0) is 11.2 Å². The van der Waals surface area contributed by atoms with E-state index in [0.29, 0.717) is 41.0 Å². The van der Waals surface area contributed by atoms with Crippen LogP contribution < -0.4 is 5.32 Å². The number of nitrogens with one attached hydrogen (secondary N) is 1. The Hall–Kier alpha value is -2.74. The minimum absolute atomic E-state index is 0.0158. The molecule has 0 unspecified atom stereocenters. The Bertz CT molecular complexity index is 1260. The monoisotopic (exact) mass is 514 g/mol. The lowest BCUT2D eigenvalue weighted by atomic mass is 10.1. The lowest BCUT2D eigenvalue weighted by molar-refractivity contribution is -0.121. The first-order valence-electron chi connectivity index (χ1n) is 10.9. The molecule has 2 aromatic carbocycles. The number of carbonyl (C=O) groups excluding carboxylic acids is 1. The zero-order chi connectivity index (χ0) is 23.9. The van der Waals surface area contributed by atoms with Crippen molar-refractivity contribution in [1.82, 2.24) is 20.1 Å². The van der Waals surface area contributed by atoms with Gasteiger partial charge in [-0.2, -0.15) is 0 Å². The van der Waals surface area contributed by atoms with Crippen molar-refractivity contribution in [2.45, 2.75) is 31.3 Å². The number of benzene rings is 2. The van der Waals surface area contributed by atoms with Gasteiger partial charge in [0.05, 0.1) is 12.0 Å². The number of hydrogen-bond donors (Lipinski definition) is 1. The van der Waals surface area contributed by atoms with E-state index in [9.17, 15) is 4.79 Å². The van der Waals surface area contributed by atoms with Gasteiger partial charge in [0.1, 0.15) is 0 Å². The van der Waals surface area contributed by atoms with Crippen LogP contribution >= 0.6 is 35.0 Å². The first-order valence-corrected chi connectivity index (χ1v) is 12.6. The molecule has 6 nitrogen and oxygen atoms in total. The molecular formula is C25H24Cl2N4O2S. The molecule has 176 valence electrons. The van der Waals surface area contributed by atoms with Gasteiger partial charge in [-0.3, -0.25) is 9.36 Å². The molecule has 0 saturated heterocycles. The van der Waals surface area contributed by atoms with Gasteiger partial charge in [-0.1, -0.05) is 53.2 Å². The highest BCUT2D eigenvalue weighted by molar-refractivity contribution is 7.99. The van der Waals surface area contributed by atoms with E-state index >= 15 is 0 Å². The highest BCUT2D eigenvalue weighted by atomic mass is 35.5. The molecule has 2 heterocycles. The Morgan fingerprint density at radius 2 is 2.00 bits per heavy atom. The molecule has 2 aromatic heterocycles. The van der Waals surface area contributed by atoms with E-state index in [0.717, 1.165) is 34.1 Å². The highest BCUT2D eigenvalue weighted by Crippen LogP contribution is 2.29. The van der Waals surface area contributed by atoms with E-state index in [1.54, 1.807) is 30.2 Å². The van der Waals surface area contributed by atoms with Gasteiger partial charge < -0.3 is 9.73 Å². The molecule has 4 rings (SSSR count). The van der Waals surface area contributed by atoms with Crippen LogP contribution in [0.15, 0.2) is 70.4 Å². The molecule has 0 fully saturated rings. The summed E-state index contributed by atoms with van der Waals surface area (Å²) in [6.45, 7) is 2.58. The number of aryl methyl sites for hydroxylation is 1. The Morgan fingerprint density at radius 3 is 2.76 bits per heavy atom. The Kier molecular flexibility index (Phi) is 8.32. The first-order chi connectivity index (χ1) is 16.5. The number of rotatable bonds is 10. The maximum atomic E-state index is 12.2. The van der Waals surface area contributed by atoms with Gasteiger partial charge in [0.25, 0.3) is 0 Å². The van der Waals surface area contributed by atoms with E-state index in [-0.39, 0.29) is 5.91 Å². The minimum atomic E-state index is 0.0158. The quantitative estimate of drug-likeness (QED) is 0.196. The van der Waals surface area contributed by atoms with Gasteiger partial charge in [0.2, 0.25) is 11.7 Å². The summed E-state index contributed by atoms with van der Waals surface area (Å²) in [5.74, 6) is 2.05. The summed E-state index contributed by atoms with van der Waals surface area (Å²) in [6, 6.07) is 17.3. The molecule has 0 aliphatic heterocycles. The van der Waals surface area contributed by atoms with Gasteiger partial charge >= 0.3 is 0 Å². The van der Waals surface area contributed by atoms with Gasteiger partial charge in [-0.05, 0) is 67.3 Å². The number of amides is 1. The molecule has 1 N–H and O–H groups in total. The van der Waals surface area contributed by atoms with Crippen molar-refractivity contribution in [2.75, 3.05) is 12.3 Å². The average molecular weight is 515 g/mol. The fourth-order valence-electron chi connectivity index (χ4n) is 3.47. The van der Waals surface area contributed by atoms with Gasteiger partial charge in [-0.25, -0.2) is 0 Å². The molecule has 0 saturated carbocycles. The lowest BCUT2D eigenvalue weighted by Gasteiger charge is -2.10. The van der Waals surface area contributed by atoms with Crippen molar-refractivity contribution in [1.29, 1.82) is 0 Å². The van der Waals surface area contributed by atoms with Crippen LogP contribution in [0.25, 0.3) is 17.3 Å². The molecule has 0 aliphatic rings. The summed E-state index contributed by atoms with van der Waals surface area (Å²) in [5, 5.41) is 13.7. The minimum Gasteiger partial charge on any atom is -0.461 e. The number of thioether (sulfide) groups is 1. The summed E-state index contributed by atoms with van der Waals surface area (Å²) in [7, 11) is 0. The largest absolute Gasteiger partial charge is 0.461 e. The fraction of sp³-hybridized carbons (Fsp3) is 0.240. The summed E-state index contributed by atoms with van der Waals surface area (Å²) in [6.07, 6.45) is 3.43. The van der Waals surface area contributed by atoms with E-state index in [1.807, 2.05) is 47.9 Å². The highest BCUT2D eigenvalue weighted by Gasteiger charge is 2.18. The third-order valence-electron chi connectivity index (χ3n) is 5.15.